The summed E-state index contributed by atoms with van der Waals surface area (Å²) in [5, 5.41) is 10.3. The molecule has 0 saturated heterocycles. The van der Waals surface area contributed by atoms with Crippen LogP contribution in [0.25, 0.3) is 10.9 Å². The fourth-order valence-corrected chi connectivity index (χ4v) is 2.32. The van der Waals surface area contributed by atoms with E-state index in [9.17, 15) is 0 Å². The number of hydrogen-bond acceptors (Lipinski definition) is 4. The fraction of sp³-hybridized carbons (Fsp3) is 0.375. The molecule has 0 aliphatic heterocycles. The van der Waals surface area contributed by atoms with Crippen molar-refractivity contribution in [3.05, 3.63) is 35.0 Å². The van der Waals surface area contributed by atoms with Crippen molar-refractivity contribution in [2.24, 2.45) is 0 Å². The van der Waals surface area contributed by atoms with Gasteiger partial charge in [-0.15, -0.1) is 0 Å². The lowest BCUT2D eigenvalue weighted by Gasteiger charge is -2.23. The fourth-order valence-electron chi connectivity index (χ4n) is 2.12. The van der Waals surface area contributed by atoms with Gasteiger partial charge in [0.25, 0.3) is 0 Å². The summed E-state index contributed by atoms with van der Waals surface area (Å²) in [6.45, 7) is 2.69. The standard InChI is InChI=1S/C16H18ClN3O/c1-11(6-7-18)20(2)10-13-8-12-4-5-14(21-3)9-15(12)19-16(13)17/h4-5,8-9,11H,6,10H2,1-3H3. The lowest BCUT2D eigenvalue weighted by atomic mass is 10.1. The Morgan fingerprint density at radius 3 is 2.86 bits per heavy atom. The van der Waals surface area contributed by atoms with Gasteiger partial charge in [0.2, 0.25) is 0 Å². The SMILES string of the molecule is COc1ccc2cc(CN(C)C(C)CC#N)c(Cl)nc2c1. The summed E-state index contributed by atoms with van der Waals surface area (Å²) in [4.78, 5) is 6.54. The molecule has 0 spiro atoms. The van der Waals surface area contributed by atoms with Crippen molar-refractivity contribution in [1.82, 2.24) is 9.88 Å². The second kappa shape index (κ2) is 6.75. The highest BCUT2D eigenvalue weighted by molar-refractivity contribution is 6.30. The Hall–Kier alpha value is -1.83. The van der Waals surface area contributed by atoms with Crippen LogP contribution in [0.5, 0.6) is 5.75 Å². The molecule has 4 nitrogen and oxygen atoms in total. The number of ether oxygens (including phenoxy) is 1. The van der Waals surface area contributed by atoms with E-state index in [2.05, 4.69) is 16.0 Å². The third-order valence-corrected chi connectivity index (χ3v) is 3.94. The summed E-state index contributed by atoms with van der Waals surface area (Å²) in [5.74, 6) is 0.763. The molecule has 1 aromatic heterocycles. The second-order valence-electron chi connectivity index (χ2n) is 5.12. The summed E-state index contributed by atoms with van der Waals surface area (Å²) < 4.78 is 5.19. The Kier molecular flexibility index (Phi) is 5.00. The van der Waals surface area contributed by atoms with Crippen LogP contribution in [-0.2, 0) is 6.54 Å². The van der Waals surface area contributed by atoms with Crippen LogP contribution >= 0.6 is 11.6 Å². The number of halogens is 1. The molecule has 1 unspecified atom stereocenters. The van der Waals surface area contributed by atoms with Gasteiger partial charge >= 0.3 is 0 Å². The third-order valence-electron chi connectivity index (χ3n) is 3.61. The molecule has 1 heterocycles. The lowest BCUT2D eigenvalue weighted by molar-refractivity contribution is 0.252. The van der Waals surface area contributed by atoms with Crippen molar-refractivity contribution in [2.75, 3.05) is 14.2 Å². The van der Waals surface area contributed by atoms with Crippen LogP contribution in [0.15, 0.2) is 24.3 Å². The first-order valence-corrected chi connectivity index (χ1v) is 7.13. The molecule has 1 atom stereocenters. The van der Waals surface area contributed by atoms with Gasteiger partial charge in [-0.1, -0.05) is 11.6 Å². The van der Waals surface area contributed by atoms with Gasteiger partial charge in [0, 0.05) is 29.6 Å². The van der Waals surface area contributed by atoms with Crippen molar-refractivity contribution < 1.29 is 4.74 Å². The lowest BCUT2D eigenvalue weighted by Crippen LogP contribution is -2.28. The molecule has 0 aliphatic rings. The first kappa shape index (κ1) is 15.6. The number of rotatable bonds is 5. The maximum Gasteiger partial charge on any atom is 0.134 e. The van der Waals surface area contributed by atoms with Crippen LogP contribution < -0.4 is 4.74 Å². The number of nitriles is 1. The summed E-state index contributed by atoms with van der Waals surface area (Å²) in [5.41, 5.74) is 1.78. The zero-order valence-electron chi connectivity index (χ0n) is 12.4. The van der Waals surface area contributed by atoms with Crippen LogP contribution in [0.3, 0.4) is 0 Å². The molecule has 0 amide bonds. The Morgan fingerprint density at radius 1 is 1.43 bits per heavy atom. The van der Waals surface area contributed by atoms with Crippen LogP contribution in [0.4, 0.5) is 0 Å². The van der Waals surface area contributed by atoms with Crippen molar-refractivity contribution in [3.63, 3.8) is 0 Å². The highest BCUT2D eigenvalue weighted by Crippen LogP contribution is 2.25. The number of nitrogens with zero attached hydrogens (tertiary/aromatic N) is 3. The number of pyridine rings is 1. The van der Waals surface area contributed by atoms with Crippen LogP contribution in [0.1, 0.15) is 18.9 Å². The molecular formula is C16H18ClN3O. The Labute approximate surface area is 129 Å². The van der Waals surface area contributed by atoms with Gasteiger partial charge in [-0.3, -0.25) is 4.90 Å². The molecule has 5 heteroatoms. The van der Waals surface area contributed by atoms with E-state index in [1.54, 1.807) is 7.11 Å². The zero-order chi connectivity index (χ0) is 15.4. The van der Waals surface area contributed by atoms with E-state index >= 15 is 0 Å². The van der Waals surface area contributed by atoms with Crippen LogP contribution in [0.2, 0.25) is 5.15 Å². The Balaban J connectivity index is 2.29. The summed E-state index contributed by atoms with van der Waals surface area (Å²) >= 11 is 6.28. The van der Waals surface area contributed by atoms with E-state index in [1.165, 1.54) is 0 Å². The van der Waals surface area contributed by atoms with Gasteiger partial charge in [-0.25, -0.2) is 4.98 Å². The Bertz CT molecular complexity index is 681. The van der Waals surface area contributed by atoms with Gasteiger partial charge in [0.05, 0.1) is 25.1 Å². The van der Waals surface area contributed by atoms with Crippen molar-refractivity contribution in [1.29, 1.82) is 5.26 Å². The van der Waals surface area contributed by atoms with E-state index in [0.717, 1.165) is 22.2 Å². The highest BCUT2D eigenvalue weighted by Gasteiger charge is 2.13. The molecule has 0 radical (unpaired) electrons. The van der Waals surface area contributed by atoms with Crippen LogP contribution in [0, 0.1) is 11.3 Å². The first-order chi connectivity index (χ1) is 10.0. The minimum atomic E-state index is 0.178. The average Bonchev–Trinajstić information content (AvgIpc) is 2.47. The molecule has 21 heavy (non-hydrogen) atoms. The molecule has 110 valence electrons. The molecule has 0 aliphatic carbocycles. The van der Waals surface area contributed by atoms with Gasteiger partial charge < -0.3 is 4.74 Å². The third kappa shape index (κ3) is 3.63. The minimum absolute atomic E-state index is 0.178. The normalized spacial score (nSPS) is 12.4. The monoisotopic (exact) mass is 303 g/mol. The van der Waals surface area contributed by atoms with Gasteiger partial charge in [0.15, 0.2) is 0 Å². The topological polar surface area (TPSA) is 49.1 Å². The number of fused-ring (bicyclic) bond motifs is 1. The predicted octanol–water partition coefficient (Wildman–Crippen LogP) is 3.63. The number of aromatic nitrogens is 1. The quantitative estimate of drug-likeness (QED) is 0.791. The molecule has 2 rings (SSSR count). The number of benzene rings is 1. The second-order valence-corrected chi connectivity index (χ2v) is 5.48. The summed E-state index contributed by atoms with van der Waals surface area (Å²) in [6, 6.07) is 10.2. The van der Waals surface area contributed by atoms with E-state index in [1.807, 2.05) is 38.2 Å². The predicted molar refractivity (Wildman–Crippen MR) is 84.5 cm³/mol. The van der Waals surface area contributed by atoms with E-state index in [-0.39, 0.29) is 6.04 Å². The molecule has 0 bridgehead atoms. The highest BCUT2D eigenvalue weighted by atomic mass is 35.5. The molecular weight excluding hydrogens is 286 g/mol. The van der Waals surface area contributed by atoms with Gasteiger partial charge in [-0.2, -0.15) is 5.26 Å². The maximum atomic E-state index is 8.77. The average molecular weight is 304 g/mol. The smallest absolute Gasteiger partial charge is 0.134 e. The summed E-state index contributed by atoms with van der Waals surface area (Å²) in [6.07, 6.45) is 0.492. The molecule has 0 saturated carbocycles. The molecule has 1 aromatic carbocycles. The van der Waals surface area contributed by atoms with E-state index < -0.39 is 0 Å². The van der Waals surface area contributed by atoms with Gasteiger partial charge in [-0.05, 0) is 32.2 Å². The van der Waals surface area contributed by atoms with E-state index in [4.69, 9.17) is 21.6 Å². The van der Waals surface area contributed by atoms with Gasteiger partial charge in [0.1, 0.15) is 10.9 Å². The van der Waals surface area contributed by atoms with Crippen LogP contribution in [-0.4, -0.2) is 30.1 Å². The minimum Gasteiger partial charge on any atom is -0.497 e. The maximum absolute atomic E-state index is 8.77. The first-order valence-electron chi connectivity index (χ1n) is 6.75. The van der Waals surface area contributed by atoms with Crippen molar-refractivity contribution in [2.45, 2.75) is 25.9 Å². The van der Waals surface area contributed by atoms with Crippen molar-refractivity contribution in [3.8, 4) is 11.8 Å². The zero-order valence-corrected chi connectivity index (χ0v) is 13.2. The molecule has 0 N–H and O–H groups in total. The van der Waals surface area contributed by atoms with E-state index in [0.29, 0.717) is 18.1 Å². The summed E-state index contributed by atoms with van der Waals surface area (Å²) in [7, 11) is 3.61. The largest absolute Gasteiger partial charge is 0.497 e. The molecule has 0 fully saturated rings. The Morgan fingerprint density at radius 2 is 2.19 bits per heavy atom. The number of hydrogen-bond donors (Lipinski definition) is 0. The van der Waals surface area contributed by atoms with Crippen molar-refractivity contribution >= 4 is 22.5 Å². The molecule has 2 aromatic rings. The number of methoxy groups -OCH3 is 1.